The molecule has 0 bridgehead atoms. The van der Waals surface area contributed by atoms with Crippen molar-refractivity contribution in [1.29, 1.82) is 0 Å². The topological polar surface area (TPSA) is 101 Å². The standard InChI is InChI=1S/C23H22ClFN4O4S/c24-20-13-18(3-6-21(20)25)33-14-23(30)29-11-8-17(9-12-29)16-1-4-19(5-2-16)34(31,32)28-22-7-10-26-15-27-22/h1-7,10,13,15,17H,8-9,11-12,14H2,(H,26,27,28). The van der Waals surface area contributed by atoms with Gasteiger partial charge in [0.15, 0.2) is 6.61 Å². The van der Waals surface area contributed by atoms with E-state index in [-0.39, 0.29) is 34.2 Å². The molecule has 0 saturated carbocycles. The number of hydrogen-bond donors (Lipinski definition) is 1. The van der Waals surface area contributed by atoms with Crippen LogP contribution >= 0.6 is 11.6 Å². The normalized spacial score (nSPS) is 14.6. The second-order valence-corrected chi connectivity index (χ2v) is 9.88. The summed E-state index contributed by atoms with van der Waals surface area (Å²) in [7, 11) is -3.75. The van der Waals surface area contributed by atoms with Crippen LogP contribution in [0.5, 0.6) is 5.75 Å². The molecule has 34 heavy (non-hydrogen) atoms. The Balaban J connectivity index is 1.29. The van der Waals surface area contributed by atoms with Crippen LogP contribution in [-0.2, 0) is 14.8 Å². The number of nitrogens with one attached hydrogen (secondary N) is 1. The van der Waals surface area contributed by atoms with E-state index in [9.17, 15) is 17.6 Å². The average molecular weight is 505 g/mol. The summed E-state index contributed by atoms with van der Waals surface area (Å²) in [6.45, 7) is 0.969. The fourth-order valence-corrected chi connectivity index (χ4v) is 4.91. The minimum atomic E-state index is -3.75. The van der Waals surface area contributed by atoms with Crippen molar-refractivity contribution in [3.8, 4) is 5.75 Å². The van der Waals surface area contributed by atoms with Crippen LogP contribution in [0.25, 0.3) is 0 Å². The maximum absolute atomic E-state index is 13.2. The van der Waals surface area contributed by atoms with Gasteiger partial charge in [-0.3, -0.25) is 9.52 Å². The highest BCUT2D eigenvalue weighted by molar-refractivity contribution is 7.92. The number of halogens is 2. The van der Waals surface area contributed by atoms with E-state index in [1.54, 1.807) is 29.2 Å². The number of carbonyl (C=O) groups excluding carboxylic acids is 1. The molecule has 2 aromatic carbocycles. The third-order valence-corrected chi connectivity index (χ3v) is 7.24. The summed E-state index contributed by atoms with van der Waals surface area (Å²) in [5.74, 6) is 0.0418. The van der Waals surface area contributed by atoms with Crippen LogP contribution in [0.2, 0.25) is 5.02 Å². The van der Waals surface area contributed by atoms with Crippen LogP contribution in [0.1, 0.15) is 24.3 Å². The van der Waals surface area contributed by atoms with Gasteiger partial charge in [0.25, 0.3) is 15.9 Å². The van der Waals surface area contributed by atoms with Gasteiger partial charge in [-0.05, 0) is 54.7 Å². The number of piperidine rings is 1. The fraction of sp³-hybridized carbons (Fsp3) is 0.261. The number of aromatic nitrogens is 2. The number of ether oxygens (including phenoxy) is 1. The molecule has 3 aromatic rings. The summed E-state index contributed by atoms with van der Waals surface area (Å²) in [4.78, 5) is 22.0. The van der Waals surface area contributed by atoms with Crippen molar-refractivity contribution in [2.75, 3.05) is 24.4 Å². The van der Waals surface area contributed by atoms with Crippen molar-refractivity contribution < 1.29 is 22.3 Å². The first-order chi connectivity index (χ1) is 16.3. The third-order valence-electron chi connectivity index (χ3n) is 5.58. The molecule has 2 heterocycles. The van der Waals surface area contributed by atoms with Gasteiger partial charge in [-0.1, -0.05) is 23.7 Å². The molecule has 1 N–H and O–H groups in total. The van der Waals surface area contributed by atoms with Gasteiger partial charge in [0.2, 0.25) is 0 Å². The number of amides is 1. The Kier molecular flexibility index (Phi) is 7.28. The Bertz CT molecular complexity index is 1250. The summed E-state index contributed by atoms with van der Waals surface area (Å²) in [6.07, 6.45) is 4.22. The maximum Gasteiger partial charge on any atom is 0.263 e. The number of anilines is 1. The SMILES string of the molecule is O=C(COc1ccc(F)c(Cl)c1)N1CCC(c2ccc(S(=O)(=O)Nc3ccncn3)cc2)CC1. The molecule has 0 aliphatic carbocycles. The van der Waals surface area contributed by atoms with Crippen LogP contribution in [0.15, 0.2) is 66.0 Å². The molecule has 178 valence electrons. The molecular formula is C23H22ClFN4O4S. The van der Waals surface area contributed by atoms with E-state index in [2.05, 4.69) is 14.7 Å². The number of benzene rings is 2. The molecule has 1 aromatic heterocycles. The van der Waals surface area contributed by atoms with Crippen LogP contribution in [0.4, 0.5) is 10.2 Å². The molecular weight excluding hydrogens is 483 g/mol. The van der Waals surface area contributed by atoms with Gasteiger partial charge >= 0.3 is 0 Å². The van der Waals surface area contributed by atoms with Gasteiger partial charge in [0.05, 0.1) is 9.92 Å². The quantitative estimate of drug-likeness (QED) is 0.524. The third kappa shape index (κ3) is 5.81. The van der Waals surface area contributed by atoms with Crippen molar-refractivity contribution in [3.05, 3.63) is 77.5 Å². The van der Waals surface area contributed by atoms with E-state index in [4.69, 9.17) is 16.3 Å². The number of rotatable bonds is 7. The van der Waals surface area contributed by atoms with Gasteiger partial charge in [-0.25, -0.2) is 22.8 Å². The van der Waals surface area contributed by atoms with Crippen molar-refractivity contribution in [3.63, 3.8) is 0 Å². The van der Waals surface area contributed by atoms with Gasteiger partial charge in [-0.2, -0.15) is 0 Å². The Morgan fingerprint density at radius 1 is 1.15 bits per heavy atom. The molecule has 1 saturated heterocycles. The van der Waals surface area contributed by atoms with E-state index in [0.717, 1.165) is 18.4 Å². The molecule has 0 unspecified atom stereocenters. The average Bonchev–Trinajstić information content (AvgIpc) is 2.85. The van der Waals surface area contributed by atoms with E-state index in [1.165, 1.54) is 36.8 Å². The zero-order valence-electron chi connectivity index (χ0n) is 18.0. The maximum atomic E-state index is 13.2. The first-order valence-corrected chi connectivity index (χ1v) is 12.4. The highest BCUT2D eigenvalue weighted by Gasteiger charge is 2.25. The fourth-order valence-electron chi connectivity index (χ4n) is 3.73. The van der Waals surface area contributed by atoms with Crippen LogP contribution in [-0.4, -0.2) is 48.9 Å². The second-order valence-electron chi connectivity index (χ2n) is 7.79. The second kappa shape index (κ2) is 10.4. The largest absolute Gasteiger partial charge is 0.484 e. The van der Waals surface area contributed by atoms with Crippen molar-refractivity contribution in [2.45, 2.75) is 23.7 Å². The Morgan fingerprint density at radius 2 is 1.88 bits per heavy atom. The minimum Gasteiger partial charge on any atom is -0.484 e. The predicted molar refractivity (Wildman–Crippen MR) is 125 cm³/mol. The lowest BCUT2D eigenvalue weighted by Gasteiger charge is -2.32. The van der Waals surface area contributed by atoms with E-state index < -0.39 is 15.8 Å². The highest BCUT2D eigenvalue weighted by atomic mass is 35.5. The number of likely N-dealkylation sites (tertiary alicyclic amines) is 1. The molecule has 0 atom stereocenters. The Labute approximate surface area is 201 Å². The summed E-state index contributed by atoms with van der Waals surface area (Å²) in [5, 5.41) is -0.0607. The lowest BCUT2D eigenvalue weighted by Crippen LogP contribution is -2.40. The van der Waals surface area contributed by atoms with E-state index >= 15 is 0 Å². The Hall–Kier alpha value is -3.24. The first-order valence-electron chi connectivity index (χ1n) is 10.6. The highest BCUT2D eigenvalue weighted by Crippen LogP contribution is 2.29. The summed E-state index contributed by atoms with van der Waals surface area (Å²) in [6, 6.07) is 12.2. The van der Waals surface area contributed by atoms with Gasteiger partial charge in [-0.15, -0.1) is 0 Å². The molecule has 1 amide bonds. The molecule has 11 heteroatoms. The smallest absolute Gasteiger partial charge is 0.263 e. The van der Waals surface area contributed by atoms with Gasteiger partial charge < -0.3 is 9.64 Å². The molecule has 4 rings (SSSR count). The van der Waals surface area contributed by atoms with Crippen molar-refractivity contribution in [1.82, 2.24) is 14.9 Å². The predicted octanol–water partition coefficient (Wildman–Crippen LogP) is 3.85. The number of nitrogens with zero attached hydrogens (tertiary/aromatic N) is 3. The van der Waals surface area contributed by atoms with Crippen LogP contribution < -0.4 is 9.46 Å². The minimum absolute atomic E-state index is 0.0607. The number of sulfonamides is 1. The van der Waals surface area contributed by atoms with Crippen LogP contribution in [0.3, 0.4) is 0 Å². The summed E-state index contributed by atoms with van der Waals surface area (Å²) in [5.41, 5.74) is 1.02. The molecule has 1 aliphatic heterocycles. The zero-order chi connectivity index (χ0) is 24.1. The first kappa shape index (κ1) is 23.9. The summed E-state index contributed by atoms with van der Waals surface area (Å²) < 4.78 is 46.2. The van der Waals surface area contributed by atoms with E-state index in [0.29, 0.717) is 18.8 Å². The molecule has 1 aliphatic rings. The van der Waals surface area contributed by atoms with Crippen molar-refractivity contribution in [2.24, 2.45) is 0 Å². The Morgan fingerprint density at radius 3 is 2.53 bits per heavy atom. The van der Waals surface area contributed by atoms with Crippen molar-refractivity contribution >= 4 is 33.3 Å². The molecule has 0 radical (unpaired) electrons. The molecule has 8 nitrogen and oxygen atoms in total. The van der Waals surface area contributed by atoms with Gasteiger partial charge in [0, 0.05) is 25.4 Å². The number of hydrogen-bond acceptors (Lipinski definition) is 6. The van der Waals surface area contributed by atoms with E-state index in [1.807, 2.05) is 0 Å². The molecule has 1 fully saturated rings. The number of carbonyl (C=O) groups is 1. The molecule has 0 spiro atoms. The lowest BCUT2D eigenvalue weighted by atomic mass is 9.89. The van der Waals surface area contributed by atoms with Crippen LogP contribution in [0, 0.1) is 5.82 Å². The monoisotopic (exact) mass is 504 g/mol. The zero-order valence-corrected chi connectivity index (χ0v) is 19.6. The lowest BCUT2D eigenvalue weighted by molar-refractivity contribution is -0.134. The van der Waals surface area contributed by atoms with Gasteiger partial charge in [0.1, 0.15) is 23.7 Å². The summed E-state index contributed by atoms with van der Waals surface area (Å²) >= 11 is 5.73.